The molecule has 1 saturated carbocycles. The van der Waals surface area contributed by atoms with Crippen LogP contribution in [0.3, 0.4) is 0 Å². The SMILES string of the molecule is CC(C)N1CCC(C(=O)C2CC2)C1=O. The Labute approximate surface area is 84.5 Å². The van der Waals surface area contributed by atoms with Crippen molar-refractivity contribution in [2.24, 2.45) is 11.8 Å². The van der Waals surface area contributed by atoms with E-state index in [1.165, 1.54) is 0 Å². The van der Waals surface area contributed by atoms with E-state index in [9.17, 15) is 9.59 Å². The highest BCUT2D eigenvalue weighted by Gasteiger charge is 2.43. The summed E-state index contributed by atoms with van der Waals surface area (Å²) in [5.41, 5.74) is 0. The van der Waals surface area contributed by atoms with Gasteiger partial charge in [-0.05, 0) is 33.1 Å². The van der Waals surface area contributed by atoms with Crippen molar-refractivity contribution in [3.05, 3.63) is 0 Å². The van der Waals surface area contributed by atoms with E-state index in [-0.39, 0.29) is 29.6 Å². The van der Waals surface area contributed by atoms with E-state index in [0.717, 1.165) is 25.8 Å². The van der Waals surface area contributed by atoms with Crippen LogP contribution in [0.2, 0.25) is 0 Å². The molecule has 0 spiro atoms. The second kappa shape index (κ2) is 3.37. The predicted octanol–water partition coefficient (Wildman–Crippen LogP) is 1.22. The molecule has 0 radical (unpaired) electrons. The van der Waals surface area contributed by atoms with Crippen molar-refractivity contribution >= 4 is 11.7 Å². The molecule has 1 amide bonds. The Morgan fingerprint density at radius 3 is 2.43 bits per heavy atom. The summed E-state index contributed by atoms with van der Waals surface area (Å²) in [5.74, 6) is 0.191. The predicted molar refractivity (Wildman–Crippen MR) is 52.7 cm³/mol. The summed E-state index contributed by atoms with van der Waals surface area (Å²) in [6.45, 7) is 4.77. The van der Waals surface area contributed by atoms with Crippen LogP contribution in [0.1, 0.15) is 33.1 Å². The molecule has 2 aliphatic rings. The number of likely N-dealkylation sites (tertiary alicyclic amines) is 1. The highest BCUT2D eigenvalue weighted by Crippen LogP contribution is 2.35. The molecule has 1 heterocycles. The van der Waals surface area contributed by atoms with Gasteiger partial charge in [-0.3, -0.25) is 9.59 Å². The minimum Gasteiger partial charge on any atom is -0.340 e. The van der Waals surface area contributed by atoms with Crippen LogP contribution in [0.5, 0.6) is 0 Å². The molecule has 0 aromatic rings. The lowest BCUT2D eigenvalue weighted by molar-refractivity contribution is -0.138. The van der Waals surface area contributed by atoms with E-state index in [2.05, 4.69) is 0 Å². The van der Waals surface area contributed by atoms with Gasteiger partial charge in [-0.2, -0.15) is 0 Å². The average Bonchev–Trinajstić information content (AvgIpc) is 2.88. The molecule has 0 bridgehead atoms. The molecule has 0 aromatic heterocycles. The second-order valence-corrected chi connectivity index (χ2v) is 4.64. The number of ketones is 1. The summed E-state index contributed by atoms with van der Waals surface area (Å²) in [6.07, 6.45) is 2.75. The molecule has 3 nitrogen and oxygen atoms in total. The van der Waals surface area contributed by atoms with Gasteiger partial charge in [0.2, 0.25) is 5.91 Å². The maximum atomic E-state index is 11.8. The molecule has 1 aliphatic heterocycles. The molecule has 0 aromatic carbocycles. The van der Waals surface area contributed by atoms with Crippen molar-refractivity contribution in [1.82, 2.24) is 4.90 Å². The van der Waals surface area contributed by atoms with Crippen LogP contribution in [-0.2, 0) is 9.59 Å². The lowest BCUT2D eigenvalue weighted by Crippen LogP contribution is -2.35. The summed E-state index contributed by atoms with van der Waals surface area (Å²) in [5, 5.41) is 0. The molecular weight excluding hydrogens is 178 g/mol. The average molecular weight is 195 g/mol. The van der Waals surface area contributed by atoms with E-state index in [0.29, 0.717) is 0 Å². The van der Waals surface area contributed by atoms with E-state index >= 15 is 0 Å². The Kier molecular flexibility index (Phi) is 2.33. The van der Waals surface area contributed by atoms with Crippen LogP contribution in [0.4, 0.5) is 0 Å². The summed E-state index contributed by atoms with van der Waals surface area (Å²) in [6, 6.07) is 0.236. The summed E-state index contributed by atoms with van der Waals surface area (Å²) in [4.78, 5) is 25.4. The highest BCUT2D eigenvalue weighted by molar-refractivity contribution is 6.04. The number of hydrogen-bond donors (Lipinski definition) is 0. The van der Waals surface area contributed by atoms with E-state index in [4.69, 9.17) is 0 Å². The van der Waals surface area contributed by atoms with Gasteiger partial charge in [0.05, 0.1) is 5.92 Å². The van der Waals surface area contributed by atoms with Gasteiger partial charge in [-0.1, -0.05) is 0 Å². The molecule has 78 valence electrons. The van der Waals surface area contributed by atoms with E-state index in [1.807, 2.05) is 18.7 Å². The number of hydrogen-bond acceptors (Lipinski definition) is 2. The topological polar surface area (TPSA) is 37.4 Å². The smallest absolute Gasteiger partial charge is 0.233 e. The number of amides is 1. The Morgan fingerprint density at radius 2 is 2.00 bits per heavy atom. The Hall–Kier alpha value is -0.860. The summed E-state index contributed by atoms with van der Waals surface area (Å²) < 4.78 is 0. The maximum Gasteiger partial charge on any atom is 0.233 e. The van der Waals surface area contributed by atoms with Crippen molar-refractivity contribution in [2.45, 2.75) is 39.2 Å². The van der Waals surface area contributed by atoms with Gasteiger partial charge in [-0.25, -0.2) is 0 Å². The third-order valence-electron chi connectivity index (χ3n) is 3.19. The summed E-state index contributed by atoms with van der Waals surface area (Å²) in [7, 11) is 0. The van der Waals surface area contributed by atoms with Crippen LogP contribution >= 0.6 is 0 Å². The molecule has 14 heavy (non-hydrogen) atoms. The molecule has 2 rings (SSSR count). The largest absolute Gasteiger partial charge is 0.340 e. The van der Waals surface area contributed by atoms with Crippen LogP contribution in [0.25, 0.3) is 0 Å². The van der Waals surface area contributed by atoms with Crippen molar-refractivity contribution in [2.75, 3.05) is 6.54 Å². The van der Waals surface area contributed by atoms with Crippen LogP contribution in [0, 0.1) is 11.8 Å². The van der Waals surface area contributed by atoms with Crippen LogP contribution in [0.15, 0.2) is 0 Å². The zero-order valence-corrected chi connectivity index (χ0v) is 8.82. The number of carbonyl (C=O) groups excluding carboxylic acids is 2. The second-order valence-electron chi connectivity index (χ2n) is 4.64. The zero-order valence-electron chi connectivity index (χ0n) is 8.82. The third kappa shape index (κ3) is 1.56. The third-order valence-corrected chi connectivity index (χ3v) is 3.19. The molecule has 1 unspecified atom stereocenters. The first-order chi connectivity index (χ1) is 6.61. The van der Waals surface area contributed by atoms with Gasteiger partial charge in [0.25, 0.3) is 0 Å². The van der Waals surface area contributed by atoms with Gasteiger partial charge in [0, 0.05) is 18.5 Å². The monoisotopic (exact) mass is 195 g/mol. The van der Waals surface area contributed by atoms with Gasteiger partial charge in [-0.15, -0.1) is 0 Å². The molecule has 3 heteroatoms. The number of rotatable bonds is 3. The molecule has 2 fully saturated rings. The minimum atomic E-state index is -0.301. The molecule has 0 N–H and O–H groups in total. The Bertz CT molecular complexity index is 268. The zero-order chi connectivity index (χ0) is 10.3. The standard InChI is InChI=1S/C11H17NO2/c1-7(2)12-6-5-9(11(12)14)10(13)8-3-4-8/h7-9H,3-6H2,1-2H3. The van der Waals surface area contributed by atoms with Crippen molar-refractivity contribution < 1.29 is 9.59 Å². The fourth-order valence-electron chi connectivity index (χ4n) is 2.13. The lowest BCUT2D eigenvalue weighted by atomic mass is 9.99. The van der Waals surface area contributed by atoms with E-state index in [1.54, 1.807) is 0 Å². The van der Waals surface area contributed by atoms with Gasteiger partial charge >= 0.3 is 0 Å². The first-order valence-electron chi connectivity index (χ1n) is 5.45. The number of Topliss-reactive ketones (excluding diaryl/α,β-unsaturated/α-hetero) is 1. The number of carbonyl (C=O) groups is 2. The first-order valence-corrected chi connectivity index (χ1v) is 5.45. The van der Waals surface area contributed by atoms with Crippen molar-refractivity contribution in [3.63, 3.8) is 0 Å². The van der Waals surface area contributed by atoms with Gasteiger partial charge in [0.1, 0.15) is 5.78 Å². The van der Waals surface area contributed by atoms with Crippen molar-refractivity contribution in [1.29, 1.82) is 0 Å². The van der Waals surface area contributed by atoms with Gasteiger partial charge < -0.3 is 4.90 Å². The lowest BCUT2D eigenvalue weighted by Gasteiger charge is -2.20. The fourth-order valence-corrected chi connectivity index (χ4v) is 2.13. The Morgan fingerprint density at radius 1 is 1.36 bits per heavy atom. The van der Waals surface area contributed by atoms with Gasteiger partial charge in [0.15, 0.2) is 0 Å². The summed E-state index contributed by atoms with van der Waals surface area (Å²) >= 11 is 0. The number of nitrogens with zero attached hydrogens (tertiary/aromatic N) is 1. The molecule has 1 atom stereocenters. The first kappa shape index (κ1) is 9.69. The maximum absolute atomic E-state index is 11.8. The van der Waals surface area contributed by atoms with Crippen molar-refractivity contribution in [3.8, 4) is 0 Å². The highest BCUT2D eigenvalue weighted by atomic mass is 16.2. The fraction of sp³-hybridized carbons (Fsp3) is 0.818. The quantitative estimate of drug-likeness (QED) is 0.635. The molecular formula is C11H17NO2. The van der Waals surface area contributed by atoms with Crippen LogP contribution < -0.4 is 0 Å². The van der Waals surface area contributed by atoms with E-state index < -0.39 is 0 Å². The Balaban J connectivity index is 2.02. The normalized spacial score (nSPS) is 27.5. The molecule has 1 aliphatic carbocycles. The molecule has 1 saturated heterocycles. The van der Waals surface area contributed by atoms with Crippen LogP contribution in [-0.4, -0.2) is 29.2 Å². The minimum absolute atomic E-state index is 0.0666.